The number of aliphatic hydroxyl groups is 1. The number of carbonyl (C=O) groups is 4. The van der Waals surface area contributed by atoms with E-state index in [9.17, 15) is 24.3 Å². The van der Waals surface area contributed by atoms with Crippen LogP contribution in [0.5, 0.6) is 0 Å². The molecule has 0 aliphatic heterocycles. The predicted octanol–water partition coefficient (Wildman–Crippen LogP) is 1.74. The van der Waals surface area contributed by atoms with Crippen molar-refractivity contribution >= 4 is 23.9 Å². The molecule has 3 N–H and O–H groups in total. The van der Waals surface area contributed by atoms with Crippen LogP contribution in [0.3, 0.4) is 0 Å². The molecule has 0 fully saturated rings. The molecule has 8 nitrogen and oxygen atoms in total. The second kappa shape index (κ2) is 9.27. The first kappa shape index (κ1) is 22.3. The molecule has 1 rings (SSSR count). The third kappa shape index (κ3) is 6.82. The van der Waals surface area contributed by atoms with Crippen LogP contribution < -0.4 is 0 Å². The van der Waals surface area contributed by atoms with Crippen molar-refractivity contribution in [2.45, 2.75) is 51.6 Å². The molecule has 0 radical (unpaired) electrons. The van der Waals surface area contributed by atoms with Crippen LogP contribution >= 0.6 is 0 Å². The Balaban J connectivity index is 2.75. The van der Waals surface area contributed by atoms with Crippen molar-refractivity contribution in [2.75, 3.05) is 0 Å². The fourth-order valence-electron chi connectivity index (χ4n) is 2.49. The molecule has 8 heteroatoms. The minimum Gasteiger partial charge on any atom is -0.481 e. The van der Waals surface area contributed by atoms with E-state index in [2.05, 4.69) is 18.6 Å². The Hall–Kier alpha value is -2.74. The first-order valence-electron chi connectivity index (χ1n) is 8.45. The molecule has 0 saturated heterocycles. The largest absolute Gasteiger partial charge is 0.481 e. The van der Waals surface area contributed by atoms with Gasteiger partial charge in [-0.2, -0.15) is 0 Å². The molecule has 148 valence electrons. The topological polar surface area (TPSA) is 138 Å². The molecule has 0 aromatic heterocycles. The van der Waals surface area contributed by atoms with Gasteiger partial charge in [0.05, 0.1) is 18.8 Å². The first-order valence-corrected chi connectivity index (χ1v) is 8.45. The Bertz CT molecular complexity index is 707. The summed E-state index contributed by atoms with van der Waals surface area (Å²) in [6.45, 7) is 5.69. The number of hydrogen-bond acceptors (Lipinski definition) is 6. The van der Waals surface area contributed by atoms with Crippen molar-refractivity contribution in [1.29, 1.82) is 0 Å². The van der Waals surface area contributed by atoms with Crippen LogP contribution in [0.2, 0.25) is 0 Å². The van der Waals surface area contributed by atoms with Crippen molar-refractivity contribution in [3.05, 3.63) is 35.4 Å². The van der Waals surface area contributed by atoms with E-state index in [1.54, 1.807) is 12.1 Å². The number of carbonyl (C=O) groups excluding carboxylic acids is 2. The van der Waals surface area contributed by atoms with E-state index in [0.717, 1.165) is 12.0 Å². The average Bonchev–Trinajstić information content (AvgIpc) is 2.53. The van der Waals surface area contributed by atoms with Gasteiger partial charge in [-0.25, -0.2) is 4.79 Å². The summed E-state index contributed by atoms with van der Waals surface area (Å²) in [5.41, 5.74) is -1.13. The standard InChI is InChI=1S/C19H24O8/c1-11(2)8-13-4-6-14(7-5-13)12(3)17(23)27-16(22)10-19(26,18(24)25)9-15(20)21/h4-7,11-12,26H,8-10H2,1-3H3,(H,20,21)(H,24,25). The second-order valence-electron chi connectivity index (χ2n) is 6.94. The van der Waals surface area contributed by atoms with E-state index in [0.29, 0.717) is 11.5 Å². The lowest BCUT2D eigenvalue weighted by Gasteiger charge is -2.20. The smallest absolute Gasteiger partial charge is 0.336 e. The highest BCUT2D eigenvalue weighted by molar-refractivity contribution is 5.93. The number of esters is 2. The third-order valence-electron chi connectivity index (χ3n) is 3.97. The summed E-state index contributed by atoms with van der Waals surface area (Å²) in [5.74, 6) is -6.03. The van der Waals surface area contributed by atoms with Gasteiger partial charge in [-0.05, 0) is 30.4 Å². The Morgan fingerprint density at radius 2 is 1.56 bits per heavy atom. The van der Waals surface area contributed by atoms with Gasteiger partial charge < -0.3 is 20.1 Å². The number of carboxylic acids is 2. The van der Waals surface area contributed by atoms with Crippen LogP contribution in [0.4, 0.5) is 0 Å². The fraction of sp³-hybridized carbons (Fsp3) is 0.474. The maximum Gasteiger partial charge on any atom is 0.336 e. The third-order valence-corrected chi connectivity index (χ3v) is 3.97. The van der Waals surface area contributed by atoms with E-state index in [1.165, 1.54) is 6.92 Å². The Morgan fingerprint density at radius 3 is 2.00 bits per heavy atom. The van der Waals surface area contributed by atoms with Crippen molar-refractivity contribution in [2.24, 2.45) is 5.92 Å². The quantitative estimate of drug-likeness (QED) is 0.435. The molecule has 2 unspecified atom stereocenters. The molecule has 0 amide bonds. The monoisotopic (exact) mass is 380 g/mol. The fourth-order valence-corrected chi connectivity index (χ4v) is 2.49. The van der Waals surface area contributed by atoms with Gasteiger partial charge in [0.25, 0.3) is 0 Å². The van der Waals surface area contributed by atoms with E-state index < -0.39 is 48.2 Å². The van der Waals surface area contributed by atoms with Crippen molar-refractivity contribution in [3.8, 4) is 0 Å². The van der Waals surface area contributed by atoms with Crippen molar-refractivity contribution in [1.82, 2.24) is 0 Å². The molecule has 0 heterocycles. The lowest BCUT2D eigenvalue weighted by Crippen LogP contribution is -2.43. The molecule has 0 bridgehead atoms. The van der Waals surface area contributed by atoms with Crippen LogP contribution in [0, 0.1) is 5.92 Å². The summed E-state index contributed by atoms with van der Waals surface area (Å²) in [6, 6.07) is 7.23. The zero-order valence-electron chi connectivity index (χ0n) is 15.5. The summed E-state index contributed by atoms with van der Waals surface area (Å²) in [4.78, 5) is 45.6. The van der Waals surface area contributed by atoms with E-state index >= 15 is 0 Å². The van der Waals surface area contributed by atoms with E-state index in [1.807, 2.05) is 12.1 Å². The van der Waals surface area contributed by atoms with Crippen molar-refractivity contribution in [3.63, 3.8) is 0 Å². The van der Waals surface area contributed by atoms with Gasteiger partial charge in [-0.15, -0.1) is 0 Å². The normalized spacial score (nSPS) is 14.3. The van der Waals surface area contributed by atoms with Crippen molar-refractivity contribution < 1.29 is 39.2 Å². The first-order chi connectivity index (χ1) is 12.4. The Morgan fingerprint density at radius 1 is 1.00 bits per heavy atom. The average molecular weight is 380 g/mol. The van der Waals surface area contributed by atoms with Crippen LogP contribution in [0.15, 0.2) is 24.3 Å². The Labute approximate surface area is 156 Å². The van der Waals surface area contributed by atoms with Gasteiger partial charge in [-0.1, -0.05) is 38.1 Å². The summed E-state index contributed by atoms with van der Waals surface area (Å²) in [7, 11) is 0. The Kier molecular flexibility index (Phi) is 7.66. The minimum absolute atomic E-state index is 0.481. The van der Waals surface area contributed by atoms with Gasteiger partial charge in [0, 0.05) is 0 Å². The van der Waals surface area contributed by atoms with Crippen LogP contribution in [0.1, 0.15) is 50.7 Å². The molecule has 1 aromatic carbocycles. The second-order valence-corrected chi connectivity index (χ2v) is 6.94. The summed E-state index contributed by atoms with van der Waals surface area (Å²) in [5, 5.41) is 27.4. The van der Waals surface area contributed by atoms with E-state index in [-0.39, 0.29) is 0 Å². The molecule has 0 aliphatic rings. The van der Waals surface area contributed by atoms with Gasteiger partial charge in [0.15, 0.2) is 5.60 Å². The highest BCUT2D eigenvalue weighted by atomic mass is 16.6. The number of hydrogen-bond donors (Lipinski definition) is 3. The van der Waals surface area contributed by atoms with Gasteiger partial charge in [0.1, 0.15) is 0 Å². The maximum atomic E-state index is 12.1. The number of benzene rings is 1. The van der Waals surface area contributed by atoms with Crippen LogP contribution in [-0.4, -0.2) is 44.8 Å². The molecule has 27 heavy (non-hydrogen) atoms. The minimum atomic E-state index is -2.84. The lowest BCUT2D eigenvalue weighted by molar-refractivity contribution is -0.174. The van der Waals surface area contributed by atoms with Crippen LogP contribution in [-0.2, 0) is 30.3 Å². The lowest BCUT2D eigenvalue weighted by atomic mass is 9.95. The molecule has 0 spiro atoms. The molecular weight excluding hydrogens is 356 g/mol. The molecule has 1 aromatic rings. The SMILES string of the molecule is CC(C)Cc1ccc(C(C)C(=O)OC(=O)CC(O)(CC(=O)O)C(=O)O)cc1. The van der Waals surface area contributed by atoms with Crippen LogP contribution in [0.25, 0.3) is 0 Å². The maximum absolute atomic E-state index is 12.1. The molecule has 0 saturated carbocycles. The number of carboxylic acid groups (broad SMARTS) is 2. The van der Waals surface area contributed by atoms with Gasteiger partial charge in [0.2, 0.25) is 0 Å². The zero-order chi connectivity index (χ0) is 20.8. The molecular formula is C19H24O8. The highest BCUT2D eigenvalue weighted by Crippen LogP contribution is 2.21. The van der Waals surface area contributed by atoms with E-state index in [4.69, 9.17) is 10.2 Å². The summed E-state index contributed by atoms with van der Waals surface area (Å²) >= 11 is 0. The van der Waals surface area contributed by atoms with Gasteiger partial charge >= 0.3 is 23.9 Å². The highest BCUT2D eigenvalue weighted by Gasteiger charge is 2.42. The zero-order valence-corrected chi connectivity index (χ0v) is 15.5. The van der Waals surface area contributed by atoms with Gasteiger partial charge in [-0.3, -0.25) is 14.4 Å². The summed E-state index contributed by atoms with van der Waals surface area (Å²) in [6.07, 6.45) is -1.46. The number of rotatable bonds is 9. The summed E-state index contributed by atoms with van der Waals surface area (Å²) < 4.78 is 4.59. The molecule has 2 atom stereocenters. The molecule has 0 aliphatic carbocycles. The number of aliphatic carboxylic acids is 2. The number of ether oxygens (including phenoxy) is 1. The predicted molar refractivity (Wildman–Crippen MR) is 94.0 cm³/mol.